The highest BCUT2D eigenvalue weighted by atomic mass is 35.5. The Balaban J connectivity index is 2.01. The molecule has 1 aliphatic heterocycles. The van der Waals surface area contributed by atoms with Gasteiger partial charge in [-0.25, -0.2) is 0 Å². The second-order valence-corrected chi connectivity index (χ2v) is 6.60. The summed E-state index contributed by atoms with van der Waals surface area (Å²) in [5.74, 6) is 0. The van der Waals surface area contributed by atoms with E-state index in [0.29, 0.717) is 6.04 Å². The molecule has 1 heterocycles. The van der Waals surface area contributed by atoms with E-state index in [0.717, 1.165) is 23.6 Å². The van der Waals surface area contributed by atoms with Crippen molar-refractivity contribution in [1.82, 2.24) is 5.32 Å². The third-order valence-corrected chi connectivity index (χ3v) is 3.94. The van der Waals surface area contributed by atoms with Crippen molar-refractivity contribution in [2.24, 2.45) is 0 Å². The predicted octanol–water partition coefficient (Wildman–Crippen LogP) is 3.78. The van der Waals surface area contributed by atoms with Crippen LogP contribution in [0.4, 0.5) is 0 Å². The van der Waals surface area contributed by atoms with Crippen molar-refractivity contribution in [3.05, 3.63) is 34.9 Å². The smallest absolute Gasteiger partial charge is 0.0787 e. The van der Waals surface area contributed by atoms with Gasteiger partial charge in [-0.2, -0.15) is 0 Å². The van der Waals surface area contributed by atoms with Crippen molar-refractivity contribution < 1.29 is 4.74 Å². The van der Waals surface area contributed by atoms with Gasteiger partial charge in [0.15, 0.2) is 0 Å². The highest BCUT2D eigenvalue weighted by molar-refractivity contribution is 6.31. The minimum absolute atomic E-state index is 0.0539. The van der Waals surface area contributed by atoms with Gasteiger partial charge < -0.3 is 10.1 Å². The molecule has 0 aliphatic carbocycles. The summed E-state index contributed by atoms with van der Waals surface area (Å²) in [6.07, 6.45) is 1.02. The van der Waals surface area contributed by atoms with Gasteiger partial charge in [0.05, 0.1) is 11.2 Å². The van der Waals surface area contributed by atoms with Crippen LogP contribution in [0.2, 0.25) is 5.02 Å². The molecule has 0 aromatic heterocycles. The molecule has 2 rings (SSSR count). The summed E-state index contributed by atoms with van der Waals surface area (Å²) < 4.78 is 6.07. The number of hydrogen-bond donors (Lipinski definition) is 1. The highest BCUT2D eigenvalue weighted by Crippen LogP contribution is 2.37. The van der Waals surface area contributed by atoms with E-state index in [1.54, 1.807) is 0 Å². The maximum absolute atomic E-state index is 6.17. The third kappa shape index (κ3) is 3.05. The predicted molar refractivity (Wildman–Crippen MR) is 75.9 cm³/mol. The van der Waals surface area contributed by atoms with E-state index in [1.165, 1.54) is 0 Å². The Morgan fingerprint density at radius 1 is 1.28 bits per heavy atom. The average Bonchev–Trinajstić information content (AvgIpc) is 2.45. The molecular weight excluding hydrogens is 246 g/mol. The van der Waals surface area contributed by atoms with Crippen LogP contribution in [0.15, 0.2) is 24.3 Å². The molecule has 1 unspecified atom stereocenters. The first-order valence-electron chi connectivity index (χ1n) is 6.47. The van der Waals surface area contributed by atoms with E-state index < -0.39 is 0 Å². The van der Waals surface area contributed by atoms with Crippen LogP contribution in [0.1, 0.15) is 39.7 Å². The molecule has 0 spiro atoms. The molecule has 1 fully saturated rings. The van der Waals surface area contributed by atoms with Crippen LogP contribution in [-0.2, 0) is 11.3 Å². The molecular formula is C15H22ClNO. The van der Waals surface area contributed by atoms with Crippen molar-refractivity contribution in [3.63, 3.8) is 0 Å². The highest BCUT2D eigenvalue weighted by Gasteiger charge is 2.45. The Labute approximate surface area is 115 Å². The molecule has 18 heavy (non-hydrogen) atoms. The first-order valence-corrected chi connectivity index (χ1v) is 6.85. The van der Waals surface area contributed by atoms with E-state index in [2.05, 4.69) is 39.1 Å². The lowest BCUT2D eigenvalue weighted by atomic mass is 9.94. The van der Waals surface area contributed by atoms with Gasteiger partial charge in [0.2, 0.25) is 0 Å². The van der Waals surface area contributed by atoms with Crippen molar-refractivity contribution >= 4 is 11.6 Å². The largest absolute Gasteiger partial charge is 0.368 e. The van der Waals surface area contributed by atoms with Gasteiger partial charge in [-0.1, -0.05) is 29.8 Å². The summed E-state index contributed by atoms with van der Waals surface area (Å²) in [6, 6.07) is 8.31. The Hall–Kier alpha value is -0.570. The number of ether oxygens (including phenoxy) is 1. The molecule has 0 amide bonds. The number of benzene rings is 1. The van der Waals surface area contributed by atoms with Crippen LogP contribution in [0.5, 0.6) is 0 Å². The zero-order chi connectivity index (χ0) is 13.4. The summed E-state index contributed by atoms with van der Waals surface area (Å²) in [6.45, 7) is 9.36. The Morgan fingerprint density at radius 3 is 2.50 bits per heavy atom. The fraction of sp³-hybridized carbons (Fsp3) is 0.600. The van der Waals surface area contributed by atoms with E-state index in [9.17, 15) is 0 Å². The number of rotatable bonds is 3. The van der Waals surface area contributed by atoms with Crippen LogP contribution in [0, 0.1) is 0 Å². The second kappa shape index (κ2) is 4.84. The quantitative estimate of drug-likeness (QED) is 0.900. The van der Waals surface area contributed by atoms with E-state index in [-0.39, 0.29) is 11.2 Å². The molecule has 2 nitrogen and oxygen atoms in total. The van der Waals surface area contributed by atoms with Crippen LogP contribution in [0.25, 0.3) is 0 Å². The summed E-state index contributed by atoms with van der Waals surface area (Å²) in [5.41, 5.74) is 0.950. The average molecular weight is 268 g/mol. The SMILES string of the molecule is CC1(C)CC(NCc2ccccc2Cl)C(C)(C)O1. The fourth-order valence-electron chi connectivity index (χ4n) is 2.76. The van der Waals surface area contributed by atoms with Crippen LogP contribution in [0.3, 0.4) is 0 Å². The summed E-state index contributed by atoms with van der Waals surface area (Å²) >= 11 is 6.17. The van der Waals surface area contributed by atoms with Crippen molar-refractivity contribution in [2.75, 3.05) is 0 Å². The Morgan fingerprint density at radius 2 is 1.94 bits per heavy atom. The zero-order valence-electron chi connectivity index (χ0n) is 11.6. The molecule has 1 saturated heterocycles. The Bertz CT molecular complexity index is 428. The molecule has 1 atom stereocenters. The number of hydrogen-bond acceptors (Lipinski definition) is 2. The first-order chi connectivity index (χ1) is 8.30. The molecule has 100 valence electrons. The Kier molecular flexibility index (Phi) is 3.72. The summed E-state index contributed by atoms with van der Waals surface area (Å²) in [7, 11) is 0. The lowest BCUT2D eigenvalue weighted by molar-refractivity contribution is -0.0699. The van der Waals surface area contributed by atoms with Crippen molar-refractivity contribution in [3.8, 4) is 0 Å². The number of halogens is 1. The molecule has 1 N–H and O–H groups in total. The molecule has 1 aliphatic rings. The van der Waals surface area contributed by atoms with Gasteiger partial charge in [0.25, 0.3) is 0 Å². The lowest BCUT2D eigenvalue weighted by Gasteiger charge is -2.28. The van der Waals surface area contributed by atoms with Gasteiger partial charge >= 0.3 is 0 Å². The van der Waals surface area contributed by atoms with Gasteiger partial charge in [-0.05, 0) is 45.7 Å². The second-order valence-electron chi connectivity index (χ2n) is 6.19. The van der Waals surface area contributed by atoms with Gasteiger partial charge in [0, 0.05) is 17.6 Å². The molecule has 0 bridgehead atoms. The minimum Gasteiger partial charge on any atom is -0.368 e. The van der Waals surface area contributed by atoms with Crippen molar-refractivity contribution in [1.29, 1.82) is 0 Å². The van der Waals surface area contributed by atoms with Gasteiger partial charge in [0.1, 0.15) is 0 Å². The van der Waals surface area contributed by atoms with Crippen LogP contribution >= 0.6 is 11.6 Å². The van der Waals surface area contributed by atoms with E-state index in [1.807, 2.05) is 18.2 Å². The monoisotopic (exact) mass is 267 g/mol. The minimum atomic E-state index is -0.134. The van der Waals surface area contributed by atoms with Crippen LogP contribution < -0.4 is 5.32 Å². The maximum atomic E-state index is 6.17. The standard InChI is InChI=1S/C15H22ClNO/c1-14(2)9-13(15(3,4)18-14)17-10-11-7-5-6-8-12(11)16/h5-8,13,17H,9-10H2,1-4H3. The molecule has 0 radical (unpaired) electrons. The van der Waals surface area contributed by atoms with Crippen LogP contribution in [-0.4, -0.2) is 17.2 Å². The number of nitrogens with one attached hydrogen (secondary N) is 1. The fourth-order valence-corrected chi connectivity index (χ4v) is 2.96. The summed E-state index contributed by atoms with van der Waals surface area (Å²) in [4.78, 5) is 0. The van der Waals surface area contributed by atoms with Gasteiger partial charge in [-0.3, -0.25) is 0 Å². The summed E-state index contributed by atoms with van der Waals surface area (Å²) in [5, 5.41) is 4.40. The maximum Gasteiger partial charge on any atom is 0.0787 e. The van der Waals surface area contributed by atoms with Crippen molar-refractivity contribution in [2.45, 2.75) is 57.9 Å². The molecule has 3 heteroatoms. The van der Waals surface area contributed by atoms with E-state index >= 15 is 0 Å². The normalized spacial score (nSPS) is 25.3. The molecule has 0 saturated carbocycles. The topological polar surface area (TPSA) is 21.3 Å². The molecule has 1 aromatic carbocycles. The lowest BCUT2D eigenvalue weighted by Crippen LogP contribution is -2.42. The third-order valence-electron chi connectivity index (χ3n) is 3.57. The first kappa shape index (κ1) is 13.9. The van der Waals surface area contributed by atoms with Gasteiger partial charge in [-0.15, -0.1) is 0 Å². The molecule has 1 aromatic rings. The zero-order valence-corrected chi connectivity index (χ0v) is 12.3. The van der Waals surface area contributed by atoms with E-state index in [4.69, 9.17) is 16.3 Å².